The quantitative estimate of drug-likeness (QED) is 0.752. The number of aromatic carboxylic acids is 1. The van der Waals surface area contributed by atoms with Crippen LogP contribution in [0.15, 0.2) is 0 Å². The Labute approximate surface area is 86.5 Å². The van der Waals surface area contributed by atoms with E-state index >= 15 is 0 Å². The first-order chi connectivity index (χ1) is 7.15. The molecule has 6 heteroatoms. The van der Waals surface area contributed by atoms with Crippen molar-refractivity contribution in [1.82, 2.24) is 15.0 Å². The Morgan fingerprint density at radius 3 is 2.80 bits per heavy atom. The largest absolute Gasteiger partial charge is 0.476 e. The van der Waals surface area contributed by atoms with Crippen LogP contribution in [-0.4, -0.2) is 37.8 Å². The summed E-state index contributed by atoms with van der Waals surface area (Å²) >= 11 is 0. The lowest BCUT2D eigenvalue weighted by molar-refractivity contribution is 0.0689. The van der Waals surface area contributed by atoms with Crippen LogP contribution in [0.2, 0.25) is 0 Å². The molecule has 0 amide bonds. The molecule has 1 aliphatic carbocycles. The van der Waals surface area contributed by atoms with E-state index in [0.29, 0.717) is 5.69 Å². The molecule has 1 fully saturated rings. The second-order valence-corrected chi connectivity index (χ2v) is 3.88. The van der Waals surface area contributed by atoms with Crippen molar-refractivity contribution in [2.75, 3.05) is 6.61 Å². The Hall–Kier alpha value is -1.43. The zero-order chi connectivity index (χ0) is 11.0. The second kappa shape index (κ2) is 3.62. The third-order valence-electron chi connectivity index (χ3n) is 2.58. The van der Waals surface area contributed by atoms with Gasteiger partial charge in [0, 0.05) is 5.92 Å². The molecule has 15 heavy (non-hydrogen) atoms. The minimum Gasteiger partial charge on any atom is -0.476 e. The maximum Gasteiger partial charge on any atom is 0.358 e. The maximum atomic E-state index is 10.9. The van der Waals surface area contributed by atoms with Crippen molar-refractivity contribution in [3.8, 4) is 0 Å². The third kappa shape index (κ3) is 1.72. The van der Waals surface area contributed by atoms with Gasteiger partial charge in [0.25, 0.3) is 0 Å². The van der Waals surface area contributed by atoms with Crippen LogP contribution in [0.5, 0.6) is 0 Å². The van der Waals surface area contributed by atoms with Crippen molar-refractivity contribution in [1.29, 1.82) is 0 Å². The van der Waals surface area contributed by atoms with Crippen molar-refractivity contribution in [3.05, 3.63) is 11.4 Å². The van der Waals surface area contributed by atoms with E-state index in [0.717, 1.165) is 12.8 Å². The molecule has 1 atom stereocenters. The molecule has 0 bridgehead atoms. The summed E-state index contributed by atoms with van der Waals surface area (Å²) in [7, 11) is 0. The van der Waals surface area contributed by atoms with Gasteiger partial charge in [0.2, 0.25) is 0 Å². The van der Waals surface area contributed by atoms with Crippen molar-refractivity contribution in [3.63, 3.8) is 0 Å². The van der Waals surface area contributed by atoms with Gasteiger partial charge < -0.3 is 10.2 Å². The molecule has 2 rings (SSSR count). The highest BCUT2D eigenvalue weighted by molar-refractivity contribution is 5.86. The predicted molar refractivity (Wildman–Crippen MR) is 50.8 cm³/mol. The number of aromatic nitrogens is 3. The highest BCUT2D eigenvalue weighted by Gasteiger charge is 2.34. The van der Waals surface area contributed by atoms with Gasteiger partial charge >= 0.3 is 5.97 Å². The summed E-state index contributed by atoms with van der Waals surface area (Å²) in [6.07, 6.45) is 1.96. The Kier molecular flexibility index (Phi) is 2.44. The van der Waals surface area contributed by atoms with Crippen LogP contribution in [0.3, 0.4) is 0 Å². The van der Waals surface area contributed by atoms with Gasteiger partial charge in [-0.3, -0.25) is 0 Å². The zero-order valence-corrected chi connectivity index (χ0v) is 8.42. The number of rotatable bonds is 4. The van der Waals surface area contributed by atoms with Gasteiger partial charge in [0.1, 0.15) is 0 Å². The van der Waals surface area contributed by atoms with Crippen LogP contribution in [-0.2, 0) is 0 Å². The lowest BCUT2D eigenvalue weighted by Gasteiger charge is -2.11. The Balaban J connectivity index is 2.42. The molecule has 2 N–H and O–H groups in total. The monoisotopic (exact) mass is 211 g/mol. The van der Waals surface area contributed by atoms with Gasteiger partial charge in [0.15, 0.2) is 5.69 Å². The lowest BCUT2D eigenvalue weighted by atomic mass is 10.2. The van der Waals surface area contributed by atoms with Crippen LogP contribution in [0.25, 0.3) is 0 Å². The van der Waals surface area contributed by atoms with Crippen LogP contribution in [0.4, 0.5) is 0 Å². The summed E-state index contributed by atoms with van der Waals surface area (Å²) in [5.74, 6) is -0.798. The molecule has 82 valence electrons. The van der Waals surface area contributed by atoms with E-state index in [1.807, 2.05) is 0 Å². The first kappa shape index (κ1) is 10.1. The average Bonchev–Trinajstić information content (AvgIpc) is 2.95. The van der Waals surface area contributed by atoms with E-state index in [4.69, 9.17) is 10.2 Å². The number of nitrogens with zero attached hydrogens (tertiary/aromatic N) is 3. The van der Waals surface area contributed by atoms with Gasteiger partial charge in [-0.2, -0.15) is 0 Å². The number of hydrogen-bond acceptors (Lipinski definition) is 4. The molecule has 0 aliphatic heterocycles. The van der Waals surface area contributed by atoms with E-state index in [9.17, 15) is 4.79 Å². The molecule has 1 aromatic rings. The number of carboxylic acid groups (broad SMARTS) is 1. The number of hydrogen-bond donors (Lipinski definition) is 2. The molecule has 0 radical (unpaired) electrons. The molecule has 1 heterocycles. The third-order valence-corrected chi connectivity index (χ3v) is 2.58. The highest BCUT2D eigenvalue weighted by atomic mass is 16.4. The first-order valence-corrected chi connectivity index (χ1v) is 4.94. The van der Waals surface area contributed by atoms with E-state index in [1.54, 1.807) is 6.92 Å². The molecule has 1 aliphatic rings. The van der Waals surface area contributed by atoms with Gasteiger partial charge in [-0.1, -0.05) is 5.21 Å². The Bertz CT molecular complexity index is 384. The minimum absolute atomic E-state index is 0.0257. The molecular formula is C9H13N3O3. The first-order valence-electron chi connectivity index (χ1n) is 4.94. The van der Waals surface area contributed by atoms with E-state index in [2.05, 4.69) is 10.3 Å². The van der Waals surface area contributed by atoms with Gasteiger partial charge in [-0.25, -0.2) is 9.48 Å². The van der Waals surface area contributed by atoms with Crippen molar-refractivity contribution >= 4 is 5.97 Å². The summed E-state index contributed by atoms with van der Waals surface area (Å²) in [5, 5.41) is 25.4. The topological polar surface area (TPSA) is 88.2 Å². The fourth-order valence-electron chi connectivity index (χ4n) is 1.59. The Morgan fingerprint density at radius 1 is 1.67 bits per heavy atom. The summed E-state index contributed by atoms with van der Waals surface area (Å²) in [6.45, 7) is 1.72. The van der Waals surface area contributed by atoms with Crippen LogP contribution in [0.1, 0.15) is 47.9 Å². The number of carbonyl (C=O) groups is 1. The average molecular weight is 211 g/mol. The Morgan fingerprint density at radius 2 is 2.33 bits per heavy atom. The summed E-state index contributed by atoms with van der Waals surface area (Å²) in [4.78, 5) is 10.9. The normalized spacial score (nSPS) is 17.7. The fraction of sp³-hybridized carbons (Fsp3) is 0.667. The molecule has 1 unspecified atom stereocenters. The zero-order valence-electron chi connectivity index (χ0n) is 8.42. The molecule has 6 nitrogen and oxygen atoms in total. The standard InChI is InChI=1S/C9H13N3O3/c1-5(4-13)12-8(6-2-3-6)7(9(14)15)10-11-12/h5-6,13H,2-4H2,1H3,(H,14,15). The fourth-order valence-corrected chi connectivity index (χ4v) is 1.59. The van der Waals surface area contributed by atoms with Crippen LogP contribution >= 0.6 is 0 Å². The van der Waals surface area contributed by atoms with Crippen molar-refractivity contribution < 1.29 is 15.0 Å². The van der Waals surface area contributed by atoms with E-state index in [1.165, 1.54) is 4.68 Å². The van der Waals surface area contributed by atoms with E-state index < -0.39 is 5.97 Å². The molecule has 0 saturated heterocycles. The molecule has 0 aromatic carbocycles. The molecular weight excluding hydrogens is 198 g/mol. The molecule has 1 aromatic heterocycles. The summed E-state index contributed by atoms with van der Waals surface area (Å²) in [5.41, 5.74) is 0.682. The highest BCUT2D eigenvalue weighted by Crippen LogP contribution is 2.41. The van der Waals surface area contributed by atoms with Crippen LogP contribution < -0.4 is 0 Å². The number of carboxylic acids is 1. The molecule has 0 spiro atoms. The van der Waals surface area contributed by atoms with Gasteiger partial charge in [-0.15, -0.1) is 5.10 Å². The van der Waals surface area contributed by atoms with Gasteiger partial charge in [0.05, 0.1) is 18.3 Å². The number of aliphatic hydroxyl groups excluding tert-OH is 1. The smallest absolute Gasteiger partial charge is 0.358 e. The summed E-state index contributed by atoms with van der Waals surface area (Å²) in [6, 6.07) is -0.221. The van der Waals surface area contributed by atoms with Crippen molar-refractivity contribution in [2.24, 2.45) is 0 Å². The second-order valence-electron chi connectivity index (χ2n) is 3.88. The van der Waals surface area contributed by atoms with E-state index in [-0.39, 0.29) is 24.3 Å². The summed E-state index contributed by atoms with van der Waals surface area (Å²) < 4.78 is 1.53. The maximum absolute atomic E-state index is 10.9. The predicted octanol–water partition coefficient (Wildman–Crippen LogP) is 0.407. The van der Waals surface area contributed by atoms with Crippen molar-refractivity contribution in [2.45, 2.75) is 31.7 Å². The van der Waals surface area contributed by atoms with Gasteiger partial charge in [-0.05, 0) is 19.8 Å². The minimum atomic E-state index is -1.05. The van der Waals surface area contributed by atoms with Crippen LogP contribution in [0, 0.1) is 0 Å². The SMILES string of the molecule is CC(CO)n1nnc(C(=O)O)c1C1CC1. The molecule has 1 saturated carbocycles. The number of aliphatic hydroxyl groups is 1. The lowest BCUT2D eigenvalue weighted by Crippen LogP contribution is -2.14.